The molecule has 1 aliphatic carbocycles. The maximum Gasteiger partial charge on any atom is 0.472 e. The van der Waals surface area contributed by atoms with Gasteiger partial charge in [0.25, 0.3) is 0 Å². The van der Waals surface area contributed by atoms with Gasteiger partial charge >= 0.3 is 27.6 Å². The van der Waals surface area contributed by atoms with E-state index >= 15 is 0 Å². The summed E-state index contributed by atoms with van der Waals surface area (Å²) in [5.41, 5.74) is 0. The van der Waals surface area contributed by atoms with E-state index < -0.39 is 95.7 Å². The maximum atomic E-state index is 13.0. The first kappa shape index (κ1) is 61.4. The van der Waals surface area contributed by atoms with Gasteiger partial charge in [-0.3, -0.25) is 23.2 Å². The highest BCUT2D eigenvalue weighted by atomic mass is 31.2. The number of phosphoric acid groups is 2. The molecule has 0 bridgehead atoms. The summed E-state index contributed by atoms with van der Waals surface area (Å²) in [6.07, 6.45) is 14.3. The molecule has 0 aromatic heterocycles. The lowest BCUT2D eigenvalue weighted by molar-refractivity contribution is -0.216. The average molecular weight is 975 g/mol. The molecule has 0 spiro atoms. The third kappa shape index (κ3) is 30.5. The number of ether oxygens (including phenoxy) is 2. The van der Waals surface area contributed by atoms with Crippen LogP contribution in [0.15, 0.2) is 24.3 Å². The maximum absolute atomic E-state index is 13.0. The Morgan fingerprint density at radius 1 is 0.538 bits per heavy atom. The van der Waals surface area contributed by atoms with Crippen molar-refractivity contribution in [2.75, 3.05) is 13.2 Å². The van der Waals surface area contributed by atoms with E-state index in [0.29, 0.717) is 38.5 Å². The van der Waals surface area contributed by atoms with E-state index in [1.807, 2.05) is 12.2 Å². The highest BCUT2D eigenvalue weighted by Gasteiger charge is 2.54. The Hall–Kier alpha value is -1.60. The molecule has 9 N–H and O–H groups in total. The van der Waals surface area contributed by atoms with E-state index in [0.717, 1.165) is 77.0 Å². The fourth-order valence-corrected chi connectivity index (χ4v) is 8.82. The van der Waals surface area contributed by atoms with Gasteiger partial charge in [-0.25, -0.2) is 9.13 Å². The number of aliphatic hydroxyl groups excluding tert-OH is 6. The summed E-state index contributed by atoms with van der Waals surface area (Å²) in [7, 11) is -10.7. The number of phosphoric ester groups is 2. The molecule has 0 saturated heterocycles. The van der Waals surface area contributed by atoms with E-state index in [1.165, 1.54) is 38.5 Å². The molecule has 0 aliphatic heterocycles. The molecule has 18 nitrogen and oxygen atoms in total. The Kier molecular flexibility index (Phi) is 34.4. The van der Waals surface area contributed by atoms with Crippen LogP contribution in [0.2, 0.25) is 0 Å². The second-order valence-corrected chi connectivity index (χ2v) is 19.7. The molecule has 0 aromatic carbocycles. The van der Waals surface area contributed by atoms with Gasteiger partial charge in [0.2, 0.25) is 0 Å². The van der Waals surface area contributed by atoms with Crippen LogP contribution in [0.4, 0.5) is 0 Å². The third-order valence-corrected chi connectivity index (χ3v) is 12.7. The van der Waals surface area contributed by atoms with Gasteiger partial charge in [-0.1, -0.05) is 128 Å². The van der Waals surface area contributed by atoms with Crippen LogP contribution in [0.25, 0.3) is 0 Å². The van der Waals surface area contributed by atoms with Crippen LogP contribution in [-0.4, -0.2) is 125 Å². The van der Waals surface area contributed by atoms with E-state index in [1.54, 1.807) is 0 Å². The van der Waals surface area contributed by atoms with Gasteiger partial charge in [-0.2, -0.15) is 0 Å². The van der Waals surface area contributed by atoms with E-state index in [9.17, 15) is 54.3 Å². The lowest BCUT2D eigenvalue weighted by Gasteiger charge is -2.43. The number of rotatable bonds is 40. The second kappa shape index (κ2) is 36.4. The molecule has 10 atom stereocenters. The van der Waals surface area contributed by atoms with Crippen molar-refractivity contribution < 1.29 is 87.1 Å². The molecule has 1 saturated carbocycles. The highest BCUT2D eigenvalue weighted by molar-refractivity contribution is 7.47. The van der Waals surface area contributed by atoms with Crippen molar-refractivity contribution in [3.8, 4) is 0 Å². The van der Waals surface area contributed by atoms with Gasteiger partial charge in [0.1, 0.15) is 43.2 Å². The molecule has 1 fully saturated rings. The van der Waals surface area contributed by atoms with Crippen LogP contribution in [0, 0.1) is 0 Å². The molecule has 0 amide bonds. The largest absolute Gasteiger partial charge is 0.472 e. The number of hydrogen-bond acceptors (Lipinski definition) is 15. The van der Waals surface area contributed by atoms with Crippen molar-refractivity contribution in [1.82, 2.24) is 0 Å². The molecule has 0 radical (unpaired) electrons. The smallest absolute Gasteiger partial charge is 0.462 e. The monoisotopic (exact) mass is 975 g/mol. The fraction of sp³-hybridized carbons (Fsp3) is 0.867. The van der Waals surface area contributed by atoms with Crippen molar-refractivity contribution >= 4 is 27.6 Å². The lowest BCUT2D eigenvalue weighted by Crippen LogP contribution is -2.64. The molecule has 0 heterocycles. The summed E-state index contributed by atoms with van der Waals surface area (Å²) in [6, 6.07) is 0. The Morgan fingerprint density at radius 2 is 1.00 bits per heavy atom. The van der Waals surface area contributed by atoms with E-state index in [2.05, 4.69) is 30.5 Å². The molecule has 0 aromatic rings. The second-order valence-electron chi connectivity index (χ2n) is 17.1. The number of allylic oxidation sites excluding steroid dienone is 3. The fourth-order valence-electron chi connectivity index (χ4n) is 7.28. The normalized spacial score (nSPS) is 22.8. The van der Waals surface area contributed by atoms with Gasteiger partial charge < -0.3 is 54.8 Å². The first-order chi connectivity index (χ1) is 30.9. The van der Waals surface area contributed by atoms with Crippen LogP contribution < -0.4 is 0 Å². The minimum absolute atomic E-state index is 0.00366. The average Bonchev–Trinajstić information content (AvgIpc) is 3.25. The number of aliphatic hydroxyl groups is 6. The lowest BCUT2D eigenvalue weighted by atomic mass is 9.85. The summed E-state index contributed by atoms with van der Waals surface area (Å²) in [6.45, 7) is 2.91. The molecule has 20 heteroatoms. The van der Waals surface area contributed by atoms with Crippen LogP contribution in [0.5, 0.6) is 0 Å². The van der Waals surface area contributed by atoms with Crippen molar-refractivity contribution in [1.29, 1.82) is 0 Å². The van der Waals surface area contributed by atoms with Gasteiger partial charge in [0.05, 0.1) is 18.8 Å². The van der Waals surface area contributed by atoms with E-state index in [-0.39, 0.29) is 12.8 Å². The molecular weight excluding hydrogens is 890 g/mol. The van der Waals surface area contributed by atoms with E-state index in [4.69, 9.17) is 28.3 Å². The minimum atomic E-state index is -5.38. The molecule has 1 rings (SSSR count). The zero-order valence-electron chi connectivity index (χ0n) is 38.9. The van der Waals surface area contributed by atoms with Crippen LogP contribution in [0.3, 0.4) is 0 Å². The summed E-state index contributed by atoms with van der Waals surface area (Å²) >= 11 is 0. The van der Waals surface area contributed by atoms with Crippen LogP contribution in [-0.2, 0) is 41.8 Å². The third-order valence-electron chi connectivity index (χ3n) is 11.2. The number of carbonyl (C=O) groups is 2. The SMILES string of the molecule is CCCCC/C=C\C[C@@H](O)[C@H](O)CCCCCCCC(=O)OC[C@H](COP(=O)(O)O[C@H]1C(O)C(O)C(O)[C@@H](OP(=O)(O)O)C1O)OC(=O)CCCCCCC/C=C\CCCCCCCC. The Balaban J connectivity index is 2.64. The first-order valence-electron chi connectivity index (χ1n) is 24.1. The topological polar surface area (TPSA) is 296 Å². The zero-order valence-corrected chi connectivity index (χ0v) is 40.7. The van der Waals surface area contributed by atoms with Crippen molar-refractivity contribution in [2.24, 2.45) is 0 Å². The number of carbonyl (C=O) groups excluding carboxylic acids is 2. The Bertz CT molecular complexity index is 1390. The molecule has 382 valence electrons. The van der Waals surface area contributed by atoms with Crippen molar-refractivity contribution in [3.63, 3.8) is 0 Å². The Labute approximate surface area is 387 Å². The van der Waals surface area contributed by atoms with Gasteiger partial charge in [-0.05, 0) is 64.2 Å². The summed E-state index contributed by atoms with van der Waals surface area (Å²) in [5, 5.41) is 61.7. The van der Waals surface area contributed by atoms with Gasteiger partial charge in [0.15, 0.2) is 6.10 Å². The molecule has 65 heavy (non-hydrogen) atoms. The van der Waals surface area contributed by atoms with Crippen LogP contribution >= 0.6 is 15.6 Å². The predicted octanol–water partition coefficient (Wildman–Crippen LogP) is 6.90. The van der Waals surface area contributed by atoms with Gasteiger partial charge in [-0.15, -0.1) is 0 Å². The standard InChI is InChI=1S/C45H84O18P2/c1-3-5-7-9-11-12-13-14-15-16-17-18-19-23-28-32-39(49)61-35(34-60-65(57,58)63-45-42(52)40(50)41(51)44(43(45)53)62-64(54,55)56)33-59-38(48)31-27-24-20-22-26-30-37(47)36(46)29-25-21-10-8-6-4-2/h14-15,21,25,35-37,40-47,50-53H,3-13,16-20,22-24,26-34H2,1-2H3,(H,57,58)(H2,54,55,56)/b15-14-,25-21-/t35-,36-,37-,40?,41?,42?,43?,44-,45+/m1/s1. The molecule has 1 aliphatic rings. The number of unbranched alkanes of at least 4 members (excludes halogenated alkanes) is 18. The van der Waals surface area contributed by atoms with Crippen molar-refractivity contribution in [2.45, 2.75) is 236 Å². The first-order valence-corrected chi connectivity index (χ1v) is 27.1. The molecule has 5 unspecified atom stereocenters. The summed E-state index contributed by atoms with van der Waals surface area (Å²) in [4.78, 5) is 54.3. The number of esters is 2. The predicted molar refractivity (Wildman–Crippen MR) is 244 cm³/mol. The summed E-state index contributed by atoms with van der Waals surface area (Å²) < 4.78 is 49.3. The highest BCUT2D eigenvalue weighted by Crippen LogP contribution is 2.49. The zero-order chi connectivity index (χ0) is 48.5. The quantitative estimate of drug-likeness (QED) is 0.0131. The number of hydrogen-bond donors (Lipinski definition) is 9. The molecular formula is C45H84O18P2. The summed E-state index contributed by atoms with van der Waals surface area (Å²) in [5.74, 6) is -1.32. The van der Waals surface area contributed by atoms with Gasteiger partial charge in [0, 0.05) is 12.8 Å². The van der Waals surface area contributed by atoms with Crippen LogP contribution in [0.1, 0.15) is 181 Å². The minimum Gasteiger partial charge on any atom is -0.462 e. The Morgan fingerprint density at radius 3 is 1.57 bits per heavy atom. The van der Waals surface area contributed by atoms with Crippen molar-refractivity contribution in [3.05, 3.63) is 24.3 Å².